The maximum Gasteiger partial charge on any atom is 0.103 e. The van der Waals surface area contributed by atoms with Gasteiger partial charge in [-0.2, -0.15) is 10.2 Å². The quantitative estimate of drug-likeness (QED) is 0.668. The molecule has 7 heteroatoms. The molecule has 31 heavy (non-hydrogen) atoms. The molecule has 1 aliphatic carbocycles. The number of aryl methyl sites for hydroxylation is 2. The number of ether oxygens (including phenoxy) is 1. The van der Waals surface area contributed by atoms with Crippen LogP contribution in [0.3, 0.4) is 0 Å². The minimum atomic E-state index is -0.797. The van der Waals surface area contributed by atoms with Crippen LogP contribution in [0.5, 0.6) is 0 Å². The fourth-order valence-electron chi connectivity index (χ4n) is 4.38. The van der Waals surface area contributed by atoms with Crippen LogP contribution in [0.1, 0.15) is 53.4 Å². The lowest BCUT2D eigenvalue weighted by molar-refractivity contribution is -0.00728. The van der Waals surface area contributed by atoms with E-state index in [1.165, 1.54) is 11.1 Å². The van der Waals surface area contributed by atoms with Crippen LogP contribution < -0.4 is 5.32 Å². The van der Waals surface area contributed by atoms with Crippen molar-refractivity contribution in [3.8, 4) is 0 Å². The first-order chi connectivity index (χ1) is 15.0. The van der Waals surface area contributed by atoms with Crippen LogP contribution in [0.15, 0.2) is 30.5 Å². The van der Waals surface area contributed by atoms with Crippen molar-refractivity contribution in [1.29, 1.82) is 0 Å². The minimum Gasteiger partial charge on any atom is -0.377 e. The zero-order valence-corrected chi connectivity index (χ0v) is 19.2. The summed E-state index contributed by atoms with van der Waals surface area (Å²) < 4.78 is 22.5. The highest BCUT2D eigenvalue weighted by Crippen LogP contribution is 2.36. The molecule has 0 radical (unpaired) electrons. The Morgan fingerprint density at radius 3 is 2.81 bits per heavy atom. The fraction of sp³-hybridized carbons (Fsp3) is 0.583. The van der Waals surface area contributed by atoms with Crippen LogP contribution >= 0.6 is 0 Å². The predicted octanol–water partition coefficient (Wildman–Crippen LogP) is 3.88. The predicted molar refractivity (Wildman–Crippen MR) is 121 cm³/mol. The van der Waals surface area contributed by atoms with Gasteiger partial charge in [-0.1, -0.05) is 12.1 Å². The van der Waals surface area contributed by atoms with Gasteiger partial charge < -0.3 is 10.1 Å². The third kappa shape index (κ3) is 6.37. The summed E-state index contributed by atoms with van der Waals surface area (Å²) in [4.78, 5) is 0. The van der Waals surface area contributed by atoms with Gasteiger partial charge in [0.1, 0.15) is 6.17 Å². The minimum absolute atomic E-state index is 0.128. The molecule has 1 fully saturated rings. The van der Waals surface area contributed by atoms with Gasteiger partial charge in [-0.3, -0.25) is 9.78 Å². The SMILES string of the molecule is CNCCc1ccc(C2CCC(F)C[C@@H]2OCCc2c(C)nn(C)c2C)ccc[nH]n1. The van der Waals surface area contributed by atoms with Crippen molar-refractivity contribution in [2.24, 2.45) is 7.05 Å². The number of nitrogens with one attached hydrogen (secondary N) is 2. The van der Waals surface area contributed by atoms with E-state index in [4.69, 9.17) is 4.74 Å². The standard InChI is InChI=1S/C24H36FN5O/c1-17-22(18(2)30(4)29-17)12-15-31-24-16-20(25)8-10-23(24)19-6-5-13-27-28-21(9-7-19)11-14-26-3/h5-7,9,13,20,23-24,26-27H,8,10-12,14-16H2,1-4H3/t20?,23?,24-/m0/s1. The van der Waals surface area contributed by atoms with Crippen molar-refractivity contribution in [2.75, 3.05) is 20.2 Å². The number of hydrogen-bond acceptors (Lipinski definition) is 4. The summed E-state index contributed by atoms with van der Waals surface area (Å²) in [6, 6.07) is 8.24. The lowest BCUT2D eigenvalue weighted by atomic mass is 9.81. The van der Waals surface area contributed by atoms with Gasteiger partial charge in [0.15, 0.2) is 0 Å². The molecule has 2 aromatic heterocycles. The largest absolute Gasteiger partial charge is 0.377 e. The molecule has 2 aromatic rings. The van der Waals surface area contributed by atoms with Crippen molar-refractivity contribution in [3.63, 3.8) is 0 Å². The number of likely N-dealkylation sites (N-methyl/N-ethyl adjacent to an activating group) is 1. The summed E-state index contributed by atoms with van der Waals surface area (Å²) in [5.41, 5.74) is 5.58. The fourth-order valence-corrected chi connectivity index (χ4v) is 4.38. The average Bonchev–Trinajstić information content (AvgIpc) is 3.05. The third-order valence-electron chi connectivity index (χ3n) is 6.27. The van der Waals surface area contributed by atoms with Crippen molar-refractivity contribution >= 4 is 0 Å². The molecular weight excluding hydrogens is 393 g/mol. The lowest BCUT2D eigenvalue weighted by Crippen LogP contribution is -2.32. The Labute approximate surface area is 184 Å². The van der Waals surface area contributed by atoms with Gasteiger partial charge in [0, 0.05) is 44.2 Å². The highest BCUT2D eigenvalue weighted by Gasteiger charge is 2.32. The van der Waals surface area contributed by atoms with E-state index in [2.05, 4.69) is 45.7 Å². The van der Waals surface area contributed by atoms with Gasteiger partial charge >= 0.3 is 0 Å². The second-order valence-electron chi connectivity index (χ2n) is 8.39. The highest BCUT2D eigenvalue weighted by atomic mass is 19.1. The molecule has 3 atom stereocenters. The van der Waals surface area contributed by atoms with E-state index in [1.54, 1.807) is 0 Å². The van der Waals surface area contributed by atoms with Gasteiger partial charge in [-0.25, -0.2) is 4.39 Å². The maximum absolute atomic E-state index is 14.3. The summed E-state index contributed by atoms with van der Waals surface area (Å²) in [5, 5.41) is 15.0. The Hall–Kier alpha value is -2.25. The molecule has 0 aromatic carbocycles. The number of alkyl halides is 1. The zero-order chi connectivity index (χ0) is 22.2. The van der Waals surface area contributed by atoms with Gasteiger partial charge in [0.25, 0.3) is 0 Å². The summed E-state index contributed by atoms with van der Waals surface area (Å²) in [6.45, 7) is 5.55. The zero-order valence-electron chi connectivity index (χ0n) is 19.2. The van der Waals surface area contributed by atoms with Crippen LogP contribution in [0.4, 0.5) is 4.39 Å². The number of hydrogen-bond donors (Lipinski definition) is 2. The van der Waals surface area contributed by atoms with Crippen molar-refractivity contribution in [2.45, 2.75) is 64.1 Å². The molecule has 6 nitrogen and oxygen atoms in total. The van der Waals surface area contributed by atoms with Crippen molar-refractivity contribution in [3.05, 3.63) is 58.7 Å². The number of aromatic nitrogens is 4. The Bertz CT molecular complexity index is 892. The van der Waals surface area contributed by atoms with E-state index in [9.17, 15) is 4.39 Å². The highest BCUT2D eigenvalue weighted by molar-refractivity contribution is 5.24. The van der Waals surface area contributed by atoms with E-state index < -0.39 is 6.17 Å². The molecular formula is C24H36FN5O. The normalized spacial score (nSPS) is 21.1. The van der Waals surface area contributed by atoms with Crippen LogP contribution in [0.25, 0.3) is 0 Å². The lowest BCUT2D eigenvalue weighted by Gasteiger charge is -2.33. The summed E-state index contributed by atoms with van der Waals surface area (Å²) >= 11 is 0. The summed E-state index contributed by atoms with van der Waals surface area (Å²) in [7, 11) is 3.90. The molecule has 0 saturated heterocycles. The molecule has 1 aliphatic rings. The van der Waals surface area contributed by atoms with E-state index in [0.717, 1.165) is 42.9 Å². The molecule has 0 aliphatic heterocycles. The molecule has 1 saturated carbocycles. The van der Waals surface area contributed by atoms with Gasteiger partial charge in [0.05, 0.1) is 24.1 Å². The summed E-state index contributed by atoms with van der Waals surface area (Å²) in [5.74, 6) is 0.174. The van der Waals surface area contributed by atoms with Gasteiger partial charge in [0.2, 0.25) is 0 Å². The van der Waals surface area contributed by atoms with E-state index in [1.807, 2.05) is 38.0 Å². The molecule has 2 unspecified atom stereocenters. The van der Waals surface area contributed by atoms with Crippen molar-refractivity contribution < 1.29 is 9.13 Å². The van der Waals surface area contributed by atoms with Crippen LogP contribution in [0, 0.1) is 13.8 Å². The number of rotatable bonds is 8. The van der Waals surface area contributed by atoms with Gasteiger partial charge in [-0.05, 0) is 63.4 Å². The molecule has 2 heterocycles. The number of halogens is 1. The Morgan fingerprint density at radius 1 is 1.23 bits per heavy atom. The summed E-state index contributed by atoms with van der Waals surface area (Å²) in [6.07, 6.45) is 4.36. The molecule has 0 bridgehead atoms. The van der Waals surface area contributed by atoms with Crippen LogP contribution in [-0.2, 0) is 24.6 Å². The van der Waals surface area contributed by atoms with Gasteiger partial charge in [-0.15, -0.1) is 0 Å². The maximum atomic E-state index is 14.3. The first-order valence-corrected chi connectivity index (χ1v) is 11.3. The first-order valence-electron chi connectivity index (χ1n) is 11.3. The van der Waals surface area contributed by atoms with Crippen LogP contribution in [-0.4, -0.2) is 52.5 Å². The Balaban J connectivity index is 1.75. The number of nitrogens with zero attached hydrogens (tertiary/aromatic N) is 3. The first kappa shape index (κ1) is 23.4. The Morgan fingerprint density at radius 2 is 2.06 bits per heavy atom. The molecule has 0 spiro atoms. The van der Waals surface area contributed by atoms with E-state index in [0.29, 0.717) is 19.4 Å². The number of aromatic amines is 1. The molecule has 3 rings (SSSR count). The second-order valence-corrected chi connectivity index (χ2v) is 8.39. The van der Waals surface area contributed by atoms with E-state index >= 15 is 0 Å². The second kappa shape index (κ2) is 11.4. The number of H-pyrrole nitrogens is 1. The molecule has 170 valence electrons. The van der Waals surface area contributed by atoms with Crippen molar-refractivity contribution in [1.82, 2.24) is 25.3 Å². The topological polar surface area (TPSA) is 67.8 Å². The van der Waals surface area contributed by atoms with E-state index in [-0.39, 0.29) is 12.0 Å². The smallest absolute Gasteiger partial charge is 0.103 e. The average molecular weight is 430 g/mol. The molecule has 0 amide bonds. The monoisotopic (exact) mass is 429 g/mol. The third-order valence-corrected chi connectivity index (χ3v) is 6.27. The molecule has 2 N–H and O–H groups in total. The van der Waals surface area contributed by atoms with Crippen LogP contribution in [0.2, 0.25) is 0 Å². The Kier molecular flexibility index (Phi) is 8.60.